The summed E-state index contributed by atoms with van der Waals surface area (Å²) < 4.78 is 0. The fraction of sp³-hybridized carbons (Fsp3) is 0.682. The maximum atomic E-state index is 12.7. The normalized spacial score (nSPS) is 19.2. The van der Waals surface area contributed by atoms with Crippen LogP contribution in [0.1, 0.15) is 62.7 Å². The van der Waals surface area contributed by atoms with Crippen molar-refractivity contribution >= 4 is 39.2 Å². The molecule has 2 aliphatic rings. The van der Waals surface area contributed by atoms with Crippen LogP contribution >= 0.6 is 23.1 Å². The number of carbonyl (C=O) groups is 1. The van der Waals surface area contributed by atoms with Crippen LogP contribution in [0.3, 0.4) is 0 Å². The van der Waals surface area contributed by atoms with E-state index in [1.165, 1.54) is 28.6 Å². The third-order valence-corrected chi connectivity index (χ3v) is 8.66. The van der Waals surface area contributed by atoms with Gasteiger partial charge in [0.15, 0.2) is 0 Å². The number of H-pyrrole nitrogens is 1. The lowest BCUT2D eigenvalue weighted by Crippen LogP contribution is -2.48. The van der Waals surface area contributed by atoms with Gasteiger partial charge in [0.25, 0.3) is 5.56 Å². The van der Waals surface area contributed by atoms with Gasteiger partial charge in [-0.2, -0.15) is 0 Å². The molecule has 0 spiro atoms. The van der Waals surface area contributed by atoms with Crippen LogP contribution in [-0.2, 0) is 23.4 Å². The minimum atomic E-state index is -0.175. The molecule has 1 saturated heterocycles. The molecular formula is C22H32N4O2S2. The van der Waals surface area contributed by atoms with E-state index in [-0.39, 0.29) is 22.8 Å². The van der Waals surface area contributed by atoms with E-state index in [9.17, 15) is 9.59 Å². The SMILES string of the molecule is CC(C)N1CCC(NC(=O)[C@@H](C)SCc2nc3sc4c(c3c(=O)[nH]2)CCCC4)CC1. The molecule has 0 bridgehead atoms. The Hall–Kier alpha value is -1.38. The number of aromatic amines is 1. The average Bonchev–Trinajstić information content (AvgIpc) is 3.11. The summed E-state index contributed by atoms with van der Waals surface area (Å²) in [5, 5.41) is 3.83. The van der Waals surface area contributed by atoms with Gasteiger partial charge in [-0.3, -0.25) is 9.59 Å². The molecule has 1 aliphatic heterocycles. The number of rotatable bonds is 6. The number of hydrogen-bond donors (Lipinski definition) is 2. The van der Waals surface area contributed by atoms with Gasteiger partial charge < -0.3 is 15.2 Å². The van der Waals surface area contributed by atoms with E-state index in [0.29, 0.717) is 17.6 Å². The Labute approximate surface area is 186 Å². The number of hydrogen-bond acceptors (Lipinski definition) is 6. The number of fused-ring (bicyclic) bond motifs is 3. The van der Waals surface area contributed by atoms with Gasteiger partial charge in [0.05, 0.1) is 16.4 Å². The van der Waals surface area contributed by atoms with Gasteiger partial charge in [-0.25, -0.2) is 4.98 Å². The van der Waals surface area contributed by atoms with Crippen LogP contribution in [0.15, 0.2) is 4.79 Å². The average molecular weight is 449 g/mol. The smallest absolute Gasteiger partial charge is 0.259 e. The maximum absolute atomic E-state index is 12.7. The van der Waals surface area contributed by atoms with Crippen LogP contribution in [0.25, 0.3) is 10.2 Å². The minimum Gasteiger partial charge on any atom is -0.352 e. The summed E-state index contributed by atoms with van der Waals surface area (Å²) in [6.45, 7) is 8.46. The van der Waals surface area contributed by atoms with Crippen molar-refractivity contribution in [3.63, 3.8) is 0 Å². The van der Waals surface area contributed by atoms with Gasteiger partial charge in [0.2, 0.25) is 5.91 Å². The zero-order chi connectivity index (χ0) is 21.3. The highest BCUT2D eigenvalue weighted by Crippen LogP contribution is 2.33. The molecule has 0 unspecified atom stereocenters. The van der Waals surface area contributed by atoms with E-state index >= 15 is 0 Å². The standard InChI is InChI=1S/C22H32N4O2S2/c1-13(2)26-10-8-15(9-11-26)23-20(27)14(3)29-12-18-24-21(28)19-16-6-4-5-7-17(16)30-22(19)25-18/h13-15H,4-12H2,1-3H3,(H,23,27)(H,24,25,28)/t14-/m1/s1. The second kappa shape index (κ2) is 9.40. The molecule has 164 valence electrons. The molecular weight excluding hydrogens is 416 g/mol. The third kappa shape index (κ3) is 4.75. The zero-order valence-corrected chi connectivity index (χ0v) is 19.8. The lowest BCUT2D eigenvalue weighted by molar-refractivity contribution is -0.121. The number of likely N-dealkylation sites (tertiary alicyclic amines) is 1. The summed E-state index contributed by atoms with van der Waals surface area (Å²) in [5.41, 5.74) is 1.19. The van der Waals surface area contributed by atoms with Crippen molar-refractivity contribution in [2.75, 3.05) is 13.1 Å². The number of thioether (sulfide) groups is 1. The van der Waals surface area contributed by atoms with Crippen molar-refractivity contribution in [3.8, 4) is 0 Å². The molecule has 1 atom stereocenters. The van der Waals surface area contributed by atoms with E-state index in [1.807, 2.05) is 6.92 Å². The van der Waals surface area contributed by atoms with E-state index in [2.05, 4.69) is 29.0 Å². The largest absolute Gasteiger partial charge is 0.352 e. The molecule has 2 aromatic rings. The van der Waals surface area contributed by atoms with Crippen LogP contribution in [0.5, 0.6) is 0 Å². The number of aromatic nitrogens is 2. The molecule has 0 radical (unpaired) electrons. The van der Waals surface area contributed by atoms with E-state index in [4.69, 9.17) is 4.98 Å². The molecule has 4 rings (SSSR count). The lowest BCUT2D eigenvalue weighted by atomic mass is 9.97. The van der Waals surface area contributed by atoms with Gasteiger partial charge in [-0.05, 0) is 64.9 Å². The van der Waals surface area contributed by atoms with Crippen molar-refractivity contribution in [1.82, 2.24) is 20.2 Å². The highest BCUT2D eigenvalue weighted by molar-refractivity contribution is 7.99. The Balaban J connectivity index is 1.33. The summed E-state index contributed by atoms with van der Waals surface area (Å²) in [6.07, 6.45) is 6.42. The Morgan fingerprint density at radius 3 is 2.73 bits per heavy atom. The molecule has 1 aliphatic carbocycles. The Morgan fingerprint density at radius 1 is 1.27 bits per heavy atom. The van der Waals surface area contributed by atoms with Crippen LogP contribution in [0, 0.1) is 0 Å². The van der Waals surface area contributed by atoms with Crippen molar-refractivity contribution in [3.05, 3.63) is 26.6 Å². The molecule has 1 amide bonds. The first kappa shape index (κ1) is 21.8. The third-order valence-electron chi connectivity index (χ3n) is 6.32. The Bertz CT molecular complexity index is 960. The fourth-order valence-corrected chi connectivity index (χ4v) is 6.48. The van der Waals surface area contributed by atoms with Crippen molar-refractivity contribution in [2.45, 2.75) is 82.4 Å². The van der Waals surface area contributed by atoms with Gasteiger partial charge in [0.1, 0.15) is 10.7 Å². The first-order valence-electron chi connectivity index (χ1n) is 11.1. The monoisotopic (exact) mass is 448 g/mol. The summed E-state index contributed by atoms with van der Waals surface area (Å²) in [6, 6.07) is 0.833. The fourth-order valence-electron chi connectivity index (χ4n) is 4.44. The molecule has 2 N–H and O–H groups in total. The topological polar surface area (TPSA) is 78.1 Å². The highest BCUT2D eigenvalue weighted by Gasteiger charge is 2.24. The number of amides is 1. The molecule has 0 aromatic carbocycles. The van der Waals surface area contributed by atoms with Crippen LogP contribution in [0.2, 0.25) is 0 Å². The van der Waals surface area contributed by atoms with Crippen LogP contribution in [0.4, 0.5) is 0 Å². The lowest BCUT2D eigenvalue weighted by Gasteiger charge is -2.35. The number of nitrogens with zero attached hydrogens (tertiary/aromatic N) is 2. The van der Waals surface area contributed by atoms with Crippen LogP contribution < -0.4 is 10.9 Å². The number of thiophene rings is 1. The molecule has 30 heavy (non-hydrogen) atoms. The molecule has 8 heteroatoms. The molecule has 3 heterocycles. The van der Waals surface area contributed by atoms with Crippen molar-refractivity contribution in [1.29, 1.82) is 0 Å². The molecule has 2 aromatic heterocycles. The Morgan fingerprint density at radius 2 is 2.00 bits per heavy atom. The second-order valence-electron chi connectivity index (χ2n) is 8.77. The number of carbonyl (C=O) groups excluding carboxylic acids is 1. The van der Waals surface area contributed by atoms with Gasteiger partial charge in [-0.1, -0.05) is 0 Å². The van der Waals surface area contributed by atoms with Crippen molar-refractivity contribution < 1.29 is 4.79 Å². The summed E-state index contributed by atoms with van der Waals surface area (Å²) >= 11 is 3.20. The Kier molecular flexibility index (Phi) is 6.85. The molecule has 0 saturated carbocycles. The second-order valence-corrected chi connectivity index (χ2v) is 11.2. The predicted molar refractivity (Wildman–Crippen MR) is 126 cm³/mol. The first-order chi connectivity index (χ1) is 14.4. The predicted octanol–water partition coefficient (Wildman–Crippen LogP) is 3.47. The van der Waals surface area contributed by atoms with E-state index < -0.39 is 0 Å². The summed E-state index contributed by atoms with van der Waals surface area (Å²) in [4.78, 5) is 37.6. The summed E-state index contributed by atoms with van der Waals surface area (Å²) in [5.74, 6) is 1.28. The molecule has 6 nitrogen and oxygen atoms in total. The zero-order valence-electron chi connectivity index (χ0n) is 18.1. The minimum absolute atomic E-state index is 0.0241. The first-order valence-corrected chi connectivity index (χ1v) is 13.0. The van der Waals surface area contributed by atoms with Gasteiger partial charge in [-0.15, -0.1) is 23.1 Å². The quantitative estimate of drug-likeness (QED) is 0.707. The maximum Gasteiger partial charge on any atom is 0.259 e. The van der Waals surface area contributed by atoms with Gasteiger partial charge >= 0.3 is 0 Å². The van der Waals surface area contributed by atoms with Gasteiger partial charge in [0, 0.05) is 30.1 Å². The number of piperidine rings is 1. The molecule has 1 fully saturated rings. The van der Waals surface area contributed by atoms with E-state index in [1.54, 1.807) is 11.3 Å². The number of nitrogens with one attached hydrogen (secondary N) is 2. The highest BCUT2D eigenvalue weighted by atomic mass is 32.2. The van der Waals surface area contributed by atoms with E-state index in [0.717, 1.165) is 55.4 Å². The van der Waals surface area contributed by atoms with Crippen LogP contribution in [-0.4, -0.2) is 51.2 Å². The van der Waals surface area contributed by atoms with Crippen molar-refractivity contribution in [2.24, 2.45) is 0 Å². The summed E-state index contributed by atoms with van der Waals surface area (Å²) in [7, 11) is 0. The number of aryl methyl sites for hydroxylation is 2.